The monoisotopic (exact) mass is 323 g/mol. The standard InChI is InChI=1S/C17H14ClN5/c18-15-10-13(6-7-16(15)22-8-1-2-9-22)19-11-14-4-3-5-17-20-12-21-23(14)17/h1-10,12,19H,11H2. The highest BCUT2D eigenvalue weighted by Crippen LogP contribution is 2.24. The number of benzene rings is 1. The van der Waals surface area contributed by atoms with Crippen molar-refractivity contribution in [2.75, 3.05) is 5.32 Å². The highest BCUT2D eigenvalue weighted by atomic mass is 35.5. The van der Waals surface area contributed by atoms with Gasteiger partial charge in [0.15, 0.2) is 5.65 Å². The van der Waals surface area contributed by atoms with Gasteiger partial charge in [0.25, 0.3) is 0 Å². The number of fused-ring (bicyclic) bond motifs is 1. The second-order valence-corrected chi connectivity index (χ2v) is 5.56. The minimum atomic E-state index is 0.639. The lowest BCUT2D eigenvalue weighted by molar-refractivity contribution is 0.870. The summed E-state index contributed by atoms with van der Waals surface area (Å²) in [5, 5.41) is 8.31. The molecule has 0 bridgehead atoms. The second-order valence-electron chi connectivity index (χ2n) is 5.16. The van der Waals surface area contributed by atoms with Crippen LogP contribution in [0.1, 0.15) is 5.69 Å². The third-order valence-electron chi connectivity index (χ3n) is 3.68. The Morgan fingerprint density at radius 2 is 1.91 bits per heavy atom. The van der Waals surface area contributed by atoms with Crippen molar-refractivity contribution in [2.24, 2.45) is 0 Å². The number of halogens is 1. The van der Waals surface area contributed by atoms with E-state index in [2.05, 4.69) is 15.4 Å². The van der Waals surface area contributed by atoms with Crippen molar-refractivity contribution < 1.29 is 0 Å². The van der Waals surface area contributed by atoms with E-state index in [1.165, 1.54) is 0 Å². The van der Waals surface area contributed by atoms with Gasteiger partial charge in [0.1, 0.15) is 6.33 Å². The second kappa shape index (κ2) is 5.78. The van der Waals surface area contributed by atoms with Crippen molar-refractivity contribution in [3.05, 3.63) is 78.0 Å². The summed E-state index contributed by atoms with van der Waals surface area (Å²) in [5.41, 5.74) is 3.79. The van der Waals surface area contributed by atoms with Gasteiger partial charge in [0, 0.05) is 18.1 Å². The number of hydrogen-bond acceptors (Lipinski definition) is 3. The van der Waals surface area contributed by atoms with Crippen LogP contribution >= 0.6 is 11.6 Å². The van der Waals surface area contributed by atoms with Crippen LogP contribution in [0.25, 0.3) is 11.3 Å². The van der Waals surface area contributed by atoms with E-state index in [1.54, 1.807) is 6.33 Å². The van der Waals surface area contributed by atoms with Gasteiger partial charge in [-0.1, -0.05) is 17.7 Å². The van der Waals surface area contributed by atoms with Gasteiger partial charge < -0.3 is 9.88 Å². The normalized spacial score (nSPS) is 11.0. The van der Waals surface area contributed by atoms with E-state index in [1.807, 2.05) is 70.0 Å². The van der Waals surface area contributed by atoms with Gasteiger partial charge >= 0.3 is 0 Å². The molecule has 0 unspecified atom stereocenters. The Balaban J connectivity index is 1.55. The molecule has 23 heavy (non-hydrogen) atoms. The highest BCUT2D eigenvalue weighted by molar-refractivity contribution is 6.32. The Morgan fingerprint density at radius 1 is 1.04 bits per heavy atom. The van der Waals surface area contributed by atoms with E-state index in [9.17, 15) is 0 Å². The summed E-state index contributed by atoms with van der Waals surface area (Å²) in [7, 11) is 0. The number of nitrogens with one attached hydrogen (secondary N) is 1. The van der Waals surface area contributed by atoms with E-state index in [4.69, 9.17) is 11.6 Å². The maximum absolute atomic E-state index is 6.39. The number of aromatic nitrogens is 4. The lowest BCUT2D eigenvalue weighted by Gasteiger charge is -2.11. The minimum absolute atomic E-state index is 0.639. The average Bonchev–Trinajstić information content (AvgIpc) is 3.24. The molecule has 0 spiro atoms. The summed E-state index contributed by atoms with van der Waals surface area (Å²) in [6.45, 7) is 0.639. The van der Waals surface area contributed by atoms with Crippen molar-refractivity contribution in [3.8, 4) is 5.69 Å². The van der Waals surface area contributed by atoms with Crippen LogP contribution in [0.4, 0.5) is 5.69 Å². The van der Waals surface area contributed by atoms with Crippen molar-refractivity contribution in [1.82, 2.24) is 19.2 Å². The number of pyridine rings is 1. The van der Waals surface area contributed by atoms with E-state index in [0.29, 0.717) is 11.6 Å². The lowest BCUT2D eigenvalue weighted by Crippen LogP contribution is -2.06. The highest BCUT2D eigenvalue weighted by Gasteiger charge is 2.05. The maximum Gasteiger partial charge on any atom is 0.155 e. The van der Waals surface area contributed by atoms with Crippen molar-refractivity contribution in [1.29, 1.82) is 0 Å². The van der Waals surface area contributed by atoms with Gasteiger partial charge in [-0.2, -0.15) is 5.10 Å². The maximum atomic E-state index is 6.39. The molecule has 0 saturated carbocycles. The van der Waals surface area contributed by atoms with E-state index in [-0.39, 0.29) is 0 Å². The zero-order valence-corrected chi connectivity index (χ0v) is 13.0. The molecule has 1 aromatic carbocycles. The van der Waals surface area contributed by atoms with Crippen LogP contribution in [0.3, 0.4) is 0 Å². The average molecular weight is 324 g/mol. The zero-order valence-electron chi connectivity index (χ0n) is 12.2. The van der Waals surface area contributed by atoms with E-state index < -0.39 is 0 Å². The molecule has 0 aliphatic heterocycles. The first kappa shape index (κ1) is 13.8. The number of hydrogen-bond donors (Lipinski definition) is 1. The van der Waals surface area contributed by atoms with E-state index >= 15 is 0 Å². The Kier molecular flexibility index (Phi) is 3.48. The van der Waals surface area contributed by atoms with Gasteiger partial charge in [-0.3, -0.25) is 0 Å². The molecule has 0 saturated heterocycles. The largest absolute Gasteiger partial charge is 0.379 e. The topological polar surface area (TPSA) is 47.1 Å². The van der Waals surface area contributed by atoms with Gasteiger partial charge in [0.2, 0.25) is 0 Å². The van der Waals surface area contributed by atoms with Crippen LogP contribution in [0.15, 0.2) is 67.3 Å². The summed E-state index contributed by atoms with van der Waals surface area (Å²) in [5.74, 6) is 0. The van der Waals surface area contributed by atoms with Gasteiger partial charge in [-0.15, -0.1) is 0 Å². The fourth-order valence-electron chi connectivity index (χ4n) is 2.55. The molecule has 0 radical (unpaired) electrons. The van der Waals surface area contributed by atoms with Crippen LogP contribution < -0.4 is 5.32 Å². The van der Waals surface area contributed by atoms with Gasteiger partial charge in [0.05, 0.1) is 22.9 Å². The van der Waals surface area contributed by atoms with Crippen molar-refractivity contribution in [2.45, 2.75) is 6.54 Å². The molecule has 0 fully saturated rings. The summed E-state index contributed by atoms with van der Waals surface area (Å²) < 4.78 is 3.81. The van der Waals surface area contributed by atoms with Crippen LogP contribution in [0, 0.1) is 0 Å². The molecular formula is C17H14ClN5. The van der Waals surface area contributed by atoms with Crippen molar-refractivity contribution >= 4 is 22.9 Å². The number of nitrogens with zero attached hydrogens (tertiary/aromatic N) is 4. The zero-order chi connectivity index (χ0) is 15.6. The molecule has 4 aromatic rings. The first-order valence-corrected chi connectivity index (χ1v) is 7.63. The molecule has 5 nitrogen and oxygen atoms in total. The molecular weight excluding hydrogens is 310 g/mol. The molecule has 0 amide bonds. The predicted octanol–water partition coefficient (Wildman–Crippen LogP) is 3.79. The number of anilines is 1. The smallest absolute Gasteiger partial charge is 0.155 e. The summed E-state index contributed by atoms with van der Waals surface area (Å²) in [6.07, 6.45) is 5.50. The van der Waals surface area contributed by atoms with Crippen LogP contribution in [-0.4, -0.2) is 19.2 Å². The third kappa shape index (κ3) is 2.66. The van der Waals surface area contributed by atoms with Crippen LogP contribution in [0.2, 0.25) is 5.02 Å². The molecule has 0 aliphatic rings. The van der Waals surface area contributed by atoms with Crippen LogP contribution in [0.5, 0.6) is 0 Å². The summed E-state index contributed by atoms with van der Waals surface area (Å²) in [4.78, 5) is 4.19. The fourth-order valence-corrected chi connectivity index (χ4v) is 2.83. The Morgan fingerprint density at radius 3 is 2.74 bits per heavy atom. The summed E-state index contributed by atoms with van der Waals surface area (Å²) in [6, 6.07) is 15.8. The predicted molar refractivity (Wildman–Crippen MR) is 91.1 cm³/mol. The Labute approximate surface area is 138 Å². The molecule has 0 aliphatic carbocycles. The first-order valence-electron chi connectivity index (χ1n) is 7.26. The summed E-state index contributed by atoms with van der Waals surface area (Å²) >= 11 is 6.39. The Hall–Kier alpha value is -2.79. The van der Waals surface area contributed by atoms with Gasteiger partial charge in [-0.05, 0) is 42.5 Å². The molecule has 3 heterocycles. The van der Waals surface area contributed by atoms with Crippen molar-refractivity contribution in [3.63, 3.8) is 0 Å². The lowest BCUT2D eigenvalue weighted by atomic mass is 10.2. The Bertz CT molecular complexity index is 943. The molecule has 4 rings (SSSR count). The fraction of sp³-hybridized carbons (Fsp3) is 0.0588. The van der Waals surface area contributed by atoms with Crippen LogP contribution in [-0.2, 0) is 6.54 Å². The molecule has 114 valence electrons. The molecule has 1 N–H and O–H groups in total. The SMILES string of the molecule is Clc1cc(NCc2cccc3ncnn23)ccc1-n1cccc1. The number of rotatable bonds is 4. The van der Waals surface area contributed by atoms with Gasteiger partial charge in [-0.25, -0.2) is 9.50 Å². The molecule has 0 atom stereocenters. The van der Waals surface area contributed by atoms with E-state index in [0.717, 1.165) is 22.7 Å². The molecule has 3 aromatic heterocycles. The molecule has 6 heteroatoms. The minimum Gasteiger partial charge on any atom is -0.379 e. The quantitative estimate of drug-likeness (QED) is 0.621. The first-order chi connectivity index (χ1) is 11.3. The third-order valence-corrected chi connectivity index (χ3v) is 3.99.